The summed E-state index contributed by atoms with van der Waals surface area (Å²) < 4.78 is 14.7. The molecule has 9 aromatic carbocycles. The lowest BCUT2D eigenvalue weighted by molar-refractivity contribution is 0.0525. The van der Waals surface area contributed by atoms with Crippen molar-refractivity contribution in [3.8, 4) is 0 Å². The van der Waals surface area contributed by atoms with E-state index in [9.17, 15) is 24.0 Å². The summed E-state index contributed by atoms with van der Waals surface area (Å²) in [6, 6.07) is 59.7. The number of nitrogens with zero attached hydrogens (tertiary/aromatic N) is 10. The zero-order valence-electron chi connectivity index (χ0n) is 83.4. The Morgan fingerprint density at radius 3 is 1.08 bits per heavy atom. The van der Waals surface area contributed by atoms with E-state index >= 15 is 0 Å². The van der Waals surface area contributed by atoms with E-state index in [-0.39, 0.29) is 29.7 Å². The number of alkyl halides is 1. The molecule has 18 aromatic rings. The second kappa shape index (κ2) is 46.8. The number of halogens is 1. The van der Waals surface area contributed by atoms with E-state index in [1.54, 1.807) is 30.3 Å². The number of anilines is 6. The number of nitrogens with one attached hydrogen (secondary N) is 3. The SMILES string of the molecule is CCBr.CCOC(=O)c1ccc2c(c1)c1c(n2CC)CCCC1.CCn1c2c(c3cc(C(=O)NCc4ccc5c(N)nc(N)nc5c4)ccc31)CCCC2.CCn1c2c(c3cc(C(=O)NCc4ccc5ccc(N)nc5c4)ccc31)CCCC2.CCn1c2c(c3cc(C(=O)O)ccc31)CCCC2.NCc1ccc2c(N)nc(N)nc2c1.NCc1ccc2ccc(N)nc2c1.O=C(O)c1ccc2[nH]c3c(c2c1)CCCC3. The van der Waals surface area contributed by atoms with E-state index < -0.39 is 11.9 Å². The Labute approximate surface area is 850 Å². The van der Waals surface area contributed by atoms with Gasteiger partial charge < -0.3 is 94.7 Å². The first-order chi connectivity index (χ1) is 70.3. The van der Waals surface area contributed by atoms with E-state index in [2.05, 4.69) is 138 Å². The fourth-order valence-electron chi connectivity index (χ4n) is 21.1. The summed E-state index contributed by atoms with van der Waals surface area (Å²) in [5.74, 6) is 0.0715. The van der Waals surface area contributed by atoms with Crippen molar-refractivity contribution in [2.75, 3.05) is 46.3 Å². The zero-order valence-corrected chi connectivity index (χ0v) is 85.0. The van der Waals surface area contributed by atoms with Gasteiger partial charge in [0.1, 0.15) is 23.3 Å². The molecule has 9 aromatic heterocycles. The van der Waals surface area contributed by atoms with Gasteiger partial charge in [-0.2, -0.15) is 9.97 Å². The number of fused-ring (bicyclic) bond motifs is 19. The van der Waals surface area contributed by atoms with Crippen LogP contribution < -0.4 is 56.5 Å². The van der Waals surface area contributed by atoms with Crippen LogP contribution in [0.15, 0.2) is 188 Å². The smallest absolute Gasteiger partial charge is 0.338 e. The number of pyridine rings is 2. The number of carbonyl (C=O) groups is 5. The molecule has 5 aliphatic carbocycles. The molecule has 750 valence electrons. The molecule has 21 N–H and O–H groups in total. The van der Waals surface area contributed by atoms with Crippen molar-refractivity contribution in [3.05, 3.63) is 294 Å². The van der Waals surface area contributed by atoms with Crippen molar-refractivity contribution < 1.29 is 38.9 Å². The minimum absolute atomic E-state index is 0.0497. The lowest BCUT2D eigenvalue weighted by Crippen LogP contribution is -2.22. The Morgan fingerprint density at radius 1 is 0.352 bits per heavy atom. The highest BCUT2D eigenvalue weighted by Gasteiger charge is 2.27. The second-order valence-corrected chi connectivity index (χ2v) is 38.1. The van der Waals surface area contributed by atoms with Crippen LogP contribution in [0.5, 0.6) is 0 Å². The van der Waals surface area contributed by atoms with Crippen LogP contribution in [-0.2, 0) is 121 Å². The van der Waals surface area contributed by atoms with Crippen molar-refractivity contribution in [2.45, 2.75) is 222 Å². The first-order valence-electron chi connectivity index (χ1n) is 50.6. The van der Waals surface area contributed by atoms with Crippen LogP contribution in [0.3, 0.4) is 0 Å². The number of H-pyrrole nitrogens is 1. The van der Waals surface area contributed by atoms with Crippen molar-refractivity contribution >= 4 is 179 Å². The van der Waals surface area contributed by atoms with Gasteiger partial charge in [0.05, 0.1) is 45.4 Å². The summed E-state index contributed by atoms with van der Waals surface area (Å²) in [5.41, 5.74) is 75.2. The van der Waals surface area contributed by atoms with Gasteiger partial charge in [0.25, 0.3) is 11.8 Å². The topological polar surface area (TPSA) is 480 Å². The van der Waals surface area contributed by atoms with E-state index in [0.717, 1.165) is 172 Å². The maximum absolute atomic E-state index is 12.9. The van der Waals surface area contributed by atoms with Crippen LogP contribution in [0.4, 0.5) is 35.2 Å². The number of hydrogen-bond donors (Lipinski definition) is 13. The molecule has 0 saturated carbocycles. The molecule has 30 heteroatoms. The Balaban J connectivity index is 0.000000123. The maximum Gasteiger partial charge on any atom is 0.338 e. The first kappa shape index (κ1) is 103. The van der Waals surface area contributed by atoms with Gasteiger partial charge in [0, 0.05) is 173 Å². The number of aromatic nitrogens is 11. The molecular weight excluding hydrogens is 1880 g/mol. The number of nitrogens with two attached hydrogens (primary N) is 8. The largest absolute Gasteiger partial charge is 0.478 e. The third-order valence-electron chi connectivity index (χ3n) is 28.0. The fraction of sp³-hybridized carbons (Fsp3) is 0.313. The van der Waals surface area contributed by atoms with Gasteiger partial charge in [-0.1, -0.05) is 59.3 Å². The van der Waals surface area contributed by atoms with Gasteiger partial charge in [-0.25, -0.2) is 34.3 Å². The summed E-state index contributed by atoms with van der Waals surface area (Å²) in [4.78, 5) is 87.8. The lowest BCUT2D eigenvalue weighted by atomic mass is 9.95. The van der Waals surface area contributed by atoms with Gasteiger partial charge in [-0.3, -0.25) is 9.59 Å². The Bertz CT molecular complexity index is 7880. The molecule has 0 bridgehead atoms. The number of carboxylic acid groups (broad SMARTS) is 2. The van der Waals surface area contributed by atoms with Crippen LogP contribution in [0.25, 0.3) is 98.1 Å². The lowest BCUT2D eigenvalue weighted by Gasteiger charge is -2.14. The molecule has 9 heterocycles. The highest BCUT2D eigenvalue weighted by molar-refractivity contribution is 9.09. The second-order valence-electron chi connectivity index (χ2n) is 37.0. The normalized spacial score (nSPS) is 13.2. The number of amides is 2. The fourth-order valence-corrected chi connectivity index (χ4v) is 21.1. The summed E-state index contributed by atoms with van der Waals surface area (Å²) in [6.45, 7) is 18.8. The molecule has 0 unspecified atom stereocenters. The van der Waals surface area contributed by atoms with E-state index in [1.165, 1.54) is 159 Å². The summed E-state index contributed by atoms with van der Waals surface area (Å²) >= 11 is 3.15. The van der Waals surface area contributed by atoms with E-state index in [0.29, 0.717) is 89.4 Å². The molecule has 0 aliphatic heterocycles. The summed E-state index contributed by atoms with van der Waals surface area (Å²) in [7, 11) is 0. The van der Waals surface area contributed by atoms with Crippen molar-refractivity contribution in [1.29, 1.82) is 0 Å². The molecule has 0 spiro atoms. The molecular formula is C115H130BrN21O8. The molecule has 0 radical (unpaired) electrons. The van der Waals surface area contributed by atoms with Gasteiger partial charge in [-0.05, 0) is 365 Å². The molecule has 29 nitrogen and oxygen atoms in total. The number of benzene rings is 9. The number of carbonyl (C=O) groups excluding carboxylic acids is 3. The minimum atomic E-state index is -0.854. The number of aromatic carboxylic acids is 2. The van der Waals surface area contributed by atoms with Crippen LogP contribution in [-0.4, -0.2) is 105 Å². The van der Waals surface area contributed by atoms with Crippen molar-refractivity contribution in [1.82, 2.24) is 63.8 Å². The first-order valence-corrected chi connectivity index (χ1v) is 51.7. The number of ether oxygens (including phenoxy) is 1. The van der Waals surface area contributed by atoms with E-state index in [1.807, 2.05) is 141 Å². The average molecular weight is 2010 g/mol. The van der Waals surface area contributed by atoms with Gasteiger partial charge in [0.2, 0.25) is 11.9 Å². The van der Waals surface area contributed by atoms with Crippen LogP contribution in [0.1, 0.15) is 236 Å². The summed E-state index contributed by atoms with van der Waals surface area (Å²) in [5, 5.41) is 34.8. The summed E-state index contributed by atoms with van der Waals surface area (Å²) in [6.07, 6.45) is 23.5. The highest BCUT2D eigenvalue weighted by atomic mass is 79.9. The Kier molecular flexibility index (Phi) is 33.2. The molecule has 23 rings (SSSR count). The molecule has 5 aliphatic rings. The number of nitrogen functional groups attached to an aromatic ring is 6. The predicted molar refractivity (Wildman–Crippen MR) is 588 cm³/mol. The molecule has 0 saturated heterocycles. The minimum Gasteiger partial charge on any atom is -0.478 e. The van der Waals surface area contributed by atoms with Crippen LogP contribution in [0.2, 0.25) is 0 Å². The van der Waals surface area contributed by atoms with Crippen LogP contribution >= 0.6 is 15.9 Å². The average Bonchev–Trinajstić information content (AvgIpc) is 1.62. The number of aromatic amines is 1. The van der Waals surface area contributed by atoms with Crippen LogP contribution in [0, 0.1) is 0 Å². The number of carboxylic acids is 2. The molecule has 0 fully saturated rings. The van der Waals surface area contributed by atoms with Crippen molar-refractivity contribution in [2.24, 2.45) is 11.5 Å². The Morgan fingerprint density at radius 2 is 0.676 bits per heavy atom. The predicted octanol–water partition coefficient (Wildman–Crippen LogP) is 20.8. The van der Waals surface area contributed by atoms with E-state index in [4.69, 9.17) is 60.8 Å². The standard InChI is InChI=1S/C25H26N4O.C24H26N6O.C17H21NO2.C15H17NO2.C13H13NO2.C10H11N3.C9H11N5.C2H5Br/c1-2-29-22-6-4-3-5-19(22)20-14-18(9-11-23(20)29)25(30)27-15-16-7-8-17-10-12-24(26)28-21(17)13-16;1-2-30-20-6-4-3-5-16(20)18-12-15(8-10-21(18)30)23(31)27-13-14-7-9-17-19(11-14)28-24(26)29-22(17)25;1-3-18-15-8-6-5-7-13(15)14-11-12(9-10-16(14)18)17(19)20-4-2;1-2-16-13-6-4-3-5-11(13)12-9-10(15(17)18)7-8-14(12)16;15-13(16)8-5-6-12-10(7-8)9-3-1-2-4-11(9)14-12;11-6-7-1-2-8-3-4-10(12)13-9(8)5-7;10-4-5-1-2-6-7(3-5)13-9(12)14-8(6)11;1-2-3/h7-14H,2-6,15H2,1H3,(H2,26,28)(H,27,30);7-12H,2-6,13H2,1H3,(H,27,31)(H4,25,26,28,29);9-11H,3-8H2,1-2H3;7-9H,2-6H2,1H3,(H,17,18);5-7,14H,1-4H2,(H,15,16);1-5H,6,11H2,(H2,12,13);1-3H,4,10H2,(H4,11,12,13,14);2H2,1H3. The Hall–Kier alpha value is -15.3. The number of esters is 1. The van der Waals surface area contributed by atoms with Gasteiger partial charge in [-0.15, -0.1) is 0 Å². The zero-order chi connectivity index (χ0) is 102. The van der Waals surface area contributed by atoms with Gasteiger partial charge >= 0.3 is 17.9 Å². The highest BCUT2D eigenvalue weighted by Crippen LogP contribution is 2.39. The van der Waals surface area contributed by atoms with Crippen molar-refractivity contribution in [3.63, 3.8) is 0 Å². The molecule has 0 atom stereocenters. The third kappa shape index (κ3) is 23.0. The molecule has 2 amide bonds. The monoisotopic (exact) mass is 2010 g/mol. The number of rotatable bonds is 16. The third-order valence-corrected chi connectivity index (χ3v) is 28.0. The number of hydrogen-bond acceptors (Lipinski definition) is 20. The maximum atomic E-state index is 12.9. The molecule has 145 heavy (non-hydrogen) atoms. The quantitative estimate of drug-likeness (QED) is 0.0316. The number of aryl methyl sites for hydroxylation is 10. The van der Waals surface area contributed by atoms with Gasteiger partial charge in [0.15, 0.2) is 0 Å².